The smallest absolute Gasteiger partial charge is 0.239 e. The highest BCUT2D eigenvalue weighted by Crippen LogP contribution is 2.11. The van der Waals surface area contributed by atoms with Crippen molar-refractivity contribution >= 4 is 30.7 Å². The molecule has 2 aliphatic heterocycles. The van der Waals surface area contributed by atoms with Gasteiger partial charge in [0.15, 0.2) is 0 Å². The van der Waals surface area contributed by atoms with Gasteiger partial charge in [-0.15, -0.1) is 24.8 Å². The van der Waals surface area contributed by atoms with Crippen LogP contribution >= 0.6 is 24.8 Å². The van der Waals surface area contributed by atoms with E-state index in [1.54, 1.807) is 0 Å². The van der Waals surface area contributed by atoms with E-state index in [1.807, 2.05) is 4.90 Å². The molecular weight excluding hydrogens is 325 g/mol. The Balaban J connectivity index is 0.00000220. The summed E-state index contributed by atoms with van der Waals surface area (Å²) in [5.74, 6) is 0.308. The minimum atomic E-state index is 0. The molecule has 0 spiro atoms. The van der Waals surface area contributed by atoms with Crippen LogP contribution in [0.25, 0.3) is 0 Å². The van der Waals surface area contributed by atoms with Gasteiger partial charge in [0.2, 0.25) is 5.91 Å². The van der Waals surface area contributed by atoms with Crippen molar-refractivity contribution in [2.75, 3.05) is 45.9 Å². The Kier molecular flexibility index (Phi) is 11.4. The van der Waals surface area contributed by atoms with Gasteiger partial charge >= 0.3 is 0 Å². The lowest BCUT2D eigenvalue weighted by Crippen LogP contribution is -2.55. The second-order valence-corrected chi connectivity index (χ2v) is 6.09. The Labute approximate surface area is 146 Å². The summed E-state index contributed by atoms with van der Waals surface area (Å²) >= 11 is 0. The highest BCUT2D eigenvalue weighted by atomic mass is 35.5. The summed E-state index contributed by atoms with van der Waals surface area (Å²) in [4.78, 5) is 16.8. The van der Waals surface area contributed by atoms with Crippen molar-refractivity contribution in [1.29, 1.82) is 0 Å². The summed E-state index contributed by atoms with van der Waals surface area (Å²) in [6, 6.07) is 0.0691. The maximum absolute atomic E-state index is 12.4. The minimum Gasteiger partial charge on any atom is -0.377 e. The highest BCUT2D eigenvalue weighted by molar-refractivity contribution is 5.85. The van der Waals surface area contributed by atoms with E-state index in [4.69, 9.17) is 4.74 Å². The molecule has 1 N–H and O–H groups in total. The molecule has 2 saturated heterocycles. The Bertz CT molecular complexity index is 305. The SMILES string of the molecule is CC(C)OCCN1CCN(C(=O)[C@H]2CCCCN2)CC1.Cl.Cl. The summed E-state index contributed by atoms with van der Waals surface area (Å²) in [5, 5.41) is 3.35. The fourth-order valence-electron chi connectivity index (χ4n) is 2.89. The zero-order valence-electron chi connectivity index (χ0n) is 13.8. The van der Waals surface area contributed by atoms with Crippen molar-refractivity contribution in [3.8, 4) is 0 Å². The first-order chi connectivity index (χ1) is 9.66. The van der Waals surface area contributed by atoms with Gasteiger partial charge in [-0.05, 0) is 33.2 Å². The Morgan fingerprint density at radius 1 is 1.18 bits per heavy atom. The van der Waals surface area contributed by atoms with E-state index >= 15 is 0 Å². The maximum atomic E-state index is 12.4. The summed E-state index contributed by atoms with van der Waals surface area (Å²) in [6.07, 6.45) is 3.68. The van der Waals surface area contributed by atoms with Crippen LogP contribution in [0, 0.1) is 0 Å². The summed E-state index contributed by atoms with van der Waals surface area (Å²) in [7, 11) is 0. The second kappa shape index (κ2) is 11.5. The van der Waals surface area contributed by atoms with Gasteiger partial charge in [-0.3, -0.25) is 9.69 Å². The second-order valence-electron chi connectivity index (χ2n) is 6.09. The predicted molar refractivity (Wildman–Crippen MR) is 94.2 cm³/mol. The number of amides is 1. The van der Waals surface area contributed by atoms with Gasteiger partial charge in [0.05, 0.1) is 18.8 Å². The lowest BCUT2D eigenvalue weighted by molar-refractivity contribution is -0.135. The largest absolute Gasteiger partial charge is 0.377 e. The third-order valence-corrected chi connectivity index (χ3v) is 4.15. The first kappa shape index (κ1) is 21.9. The van der Waals surface area contributed by atoms with Crippen LogP contribution < -0.4 is 5.32 Å². The highest BCUT2D eigenvalue weighted by Gasteiger charge is 2.28. The third kappa shape index (κ3) is 7.01. The summed E-state index contributed by atoms with van der Waals surface area (Å²) in [6.45, 7) is 10.5. The van der Waals surface area contributed by atoms with Crippen molar-refractivity contribution in [1.82, 2.24) is 15.1 Å². The fraction of sp³-hybridized carbons (Fsp3) is 0.933. The molecule has 0 unspecified atom stereocenters. The number of halogens is 2. The molecular formula is C15H31Cl2N3O2. The van der Waals surface area contributed by atoms with Crippen LogP contribution in [0.2, 0.25) is 0 Å². The lowest BCUT2D eigenvalue weighted by Gasteiger charge is -2.37. The van der Waals surface area contributed by atoms with Gasteiger partial charge in [-0.25, -0.2) is 0 Å². The van der Waals surface area contributed by atoms with Crippen molar-refractivity contribution in [3.63, 3.8) is 0 Å². The standard InChI is InChI=1S/C15H29N3O2.2ClH/c1-13(2)20-12-11-17-7-9-18(10-8-17)15(19)14-5-3-4-6-16-14;;/h13-14,16H,3-12H2,1-2H3;2*1H/t14-;;/m1../s1. The number of ether oxygens (including phenoxy) is 1. The van der Waals surface area contributed by atoms with Gasteiger partial charge in [0, 0.05) is 32.7 Å². The predicted octanol–water partition coefficient (Wildman–Crippen LogP) is 1.54. The number of rotatable bonds is 5. The molecule has 132 valence electrons. The molecule has 5 nitrogen and oxygen atoms in total. The van der Waals surface area contributed by atoms with Gasteiger partial charge in [-0.1, -0.05) is 6.42 Å². The number of hydrogen-bond acceptors (Lipinski definition) is 4. The average Bonchev–Trinajstić information content (AvgIpc) is 2.48. The Hall–Kier alpha value is -0.0700. The maximum Gasteiger partial charge on any atom is 0.239 e. The van der Waals surface area contributed by atoms with Crippen molar-refractivity contribution < 1.29 is 9.53 Å². The number of nitrogens with zero attached hydrogens (tertiary/aromatic N) is 2. The van der Waals surface area contributed by atoms with Crippen LogP contribution in [-0.4, -0.2) is 73.7 Å². The summed E-state index contributed by atoms with van der Waals surface area (Å²) < 4.78 is 5.58. The topological polar surface area (TPSA) is 44.8 Å². The molecule has 0 bridgehead atoms. The molecule has 0 aromatic carbocycles. The van der Waals surface area contributed by atoms with E-state index in [9.17, 15) is 4.79 Å². The van der Waals surface area contributed by atoms with Crippen LogP contribution in [0.1, 0.15) is 33.1 Å². The number of piperazine rings is 1. The molecule has 7 heteroatoms. The number of carbonyl (C=O) groups excluding carboxylic acids is 1. The van der Waals surface area contributed by atoms with Crippen molar-refractivity contribution in [3.05, 3.63) is 0 Å². The Morgan fingerprint density at radius 3 is 2.41 bits per heavy atom. The van der Waals surface area contributed by atoms with Crippen LogP contribution in [0.5, 0.6) is 0 Å². The molecule has 2 aliphatic rings. The fourth-order valence-corrected chi connectivity index (χ4v) is 2.89. The zero-order chi connectivity index (χ0) is 14.4. The van der Waals surface area contributed by atoms with Crippen LogP contribution in [0.3, 0.4) is 0 Å². The molecule has 2 rings (SSSR count). The van der Waals surface area contributed by atoms with E-state index in [1.165, 1.54) is 12.8 Å². The normalized spacial score (nSPS) is 22.9. The van der Waals surface area contributed by atoms with E-state index in [-0.39, 0.29) is 30.9 Å². The minimum absolute atomic E-state index is 0. The number of carbonyl (C=O) groups is 1. The van der Waals surface area contributed by atoms with Crippen LogP contribution in [0.4, 0.5) is 0 Å². The molecule has 22 heavy (non-hydrogen) atoms. The number of nitrogens with one attached hydrogen (secondary N) is 1. The van der Waals surface area contributed by atoms with Gasteiger partial charge in [0.1, 0.15) is 0 Å². The first-order valence-corrected chi connectivity index (χ1v) is 8.03. The Morgan fingerprint density at radius 2 is 1.86 bits per heavy atom. The molecule has 0 radical (unpaired) electrons. The average molecular weight is 356 g/mol. The molecule has 0 aromatic rings. The molecule has 0 saturated carbocycles. The van der Waals surface area contributed by atoms with E-state index in [2.05, 4.69) is 24.1 Å². The summed E-state index contributed by atoms with van der Waals surface area (Å²) in [5.41, 5.74) is 0. The van der Waals surface area contributed by atoms with E-state index in [0.717, 1.165) is 52.3 Å². The van der Waals surface area contributed by atoms with Crippen LogP contribution in [0.15, 0.2) is 0 Å². The third-order valence-electron chi connectivity index (χ3n) is 4.15. The molecule has 0 aliphatic carbocycles. The zero-order valence-corrected chi connectivity index (χ0v) is 15.4. The van der Waals surface area contributed by atoms with E-state index < -0.39 is 0 Å². The molecule has 2 heterocycles. The van der Waals surface area contributed by atoms with Gasteiger partial charge in [0.25, 0.3) is 0 Å². The number of hydrogen-bond donors (Lipinski definition) is 1. The first-order valence-electron chi connectivity index (χ1n) is 8.03. The monoisotopic (exact) mass is 355 g/mol. The molecule has 1 amide bonds. The quantitative estimate of drug-likeness (QED) is 0.812. The van der Waals surface area contributed by atoms with Crippen molar-refractivity contribution in [2.24, 2.45) is 0 Å². The van der Waals surface area contributed by atoms with Crippen LogP contribution in [-0.2, 0) is 9.53 Å². The molecule has 2 fully saturated rings. The van der Waals surface area contributed by atoms with Gasteiger partial charge < -0.3 is 15.0 Å². The molecule has 1 atom stereocenters. The number of piperidine rings is 1. The van der Waals surface area contributed by atoms with Gasteiger partial charge in [-0.2, -0.15) is 0 Å². The lowest BCUT2D eigenvalue weighted by atomic mass is 10.0. The van der Waals surface area contributed by atoms with Crippen molar-refractivity contribution in [2.45, 2.75) is 45.3 Å². The molecule has 0 aromatic heterocycles. The van der Waals surface area contributed by atoms with E-state index in [0.29, 0.717) is 12.0 Å².